The Bertz CT molecular complexity index is 545. The van der Waals surface area contributed by atoms with Gasteiger partial charge in [0.15, 0.2) is 6.61 Å². The maximum absolute atomic E-state index is 12.4. The van der Waals surface area contributed by atoms with Gasteiger partial charge in [-0.3, -0.25) is 9.59 Å². The highest BCUT2D eigenvalue weighted by atomic mass is 16.5. The summed E-state index contributed by atoms with van der Waals surface area (Å²) in [6.07, 6.45) is 1.37. The first-order chi connectivity index (χ1) is 10.0. The van der Waals surface area contributed by atoms with Gasteiger partial charge in [-0.25, -0.2) is 0 Å². The lowest BCUT2D eigenvalue weighted by Gasteiger charge is -2.28. The number of carbonyl (C=O) groups excluding carboxylic acids is 2. The highest BCUT2D eigenvalue weighted by Gasteiger charge is 2.33. The normalized spacial score (nSPS) is 14.0. The van der Waals surface area contributed by atoms with Gasteiger partial charge >= 0.3 is 0 Å². The van der Waals surface area contributed by atoms with Gasteiger partial charge in [0, 0.05) is 18.3 Å². The minimum Gasteiger partial charge on any atom is -0.482 e. The molecule has 1 aromatic carbocycles. The van der Waals surface area contributed by atoms with Crippen molar-refractivity contribution in [3.63, 3.8) is 0 Å². The summed E-state index contributed by atoms with van der Waals surface area (Å²) in [4.78, 5) is 23.7. The molecule has 0 saturated carbocycles. The zero-order valence-electron chi connectivity index (χ0n) is 12.4. The standard InChI is InChI=1S/C15H21N3O3/c1-3-15(4-2,9-16)14(20)17-10-5-6-11-12(7-10)21-8-13(19)18-11/h5-7H,3-4,8-9,16H2,1-2H3,(H,17,20)(H,18,19). The van der Waals surface area contributed by atoms with E-state index < -0.39 is 5.41 Å². The van der Waals surface area contributed by atoms with Crippen LogP contribution >= 0.6 is 0 Å². The third-order valence-corrected chi connectivity index (χ3v) is 4.10. The second-order valence-corrected chi connectivity index (χ2v) is 5.19. The lowest BCUT2D eigenvalue weighted by atomic mass is 9.81. The summed E-state index contributed by atoms with van der Waals surface area (Å²) in [6, 6.07) is 5.15. The van der Waals surface area contributed by atoms with Crippen molar-refractivity contribution in [2.45, 2.75) is 26.7 Å². The van der Waals surface area contributed by atoms with Crippen molar-refractivity contribution in [1.29, 1.82) is 0 Å². The Balaban J connectivity index is 2.17. The molecule has 0 unspecified atom stereocenters. The average Bonchev–Trinajstić information content (AvgIpc) is 2.50. The van der Waals surface area contributed by atoms with Gasteiger partial charge in [-0.05, 0) is 25.0 Å². The minimum absolute atomic E-state index is 0.0128. The number of hydrogen-bond donors (Lipinski definition) is 3. The summed E-state index contributed by atoms with van der Waals surface area (Å²) < 4.78 is 5.33. The van der Waals surface area contributed by atoms with E-state index in [0.717, 1.165) is 0 Å². The summed E-state index contributed by atoms with van der Waals surface area (Å²) in [5.41, 5.74) is 6.47. The molecule has 0 bridgehead atoms. The van der Waals surface area contributed by atoms with Gasteiger partial charge in [-0.2, -0.15) is 0 Å². The Kier molecular flexibility index (Phi) is 4.47. The van der Waals surface area contributed by atoms with Crippen LogP contribution in [-0.4, -0.2) is 25.0 Å². The van der Waals surface area contributed by atoms with Crippen LogP contribution in [0.15, 0.2) is 18.2 Å². The zero-order valence-corrected chi connectivity index (χ0v) is 12.4. The van der Waals surface area contributed by atoms with Crippen molar-refractivity contribution < 1.29 is 14.3 Å². The molecule has 2 rings (SSSR count). The number of carbonyl (C=O) groups is 2. The predicted molar refractivity (Wildman–Crippen MR) is 81.3 cm³/mol. The van der Waals surface area contributed by atoms with E-state index in [1.807, 2.05) is 13.8 Å². The maximum Gasteiger partial charge on any atom is 0.262 e. The van der Waals surface area contributed by atoms with Gasteiger partial charge in [0.25, 0.3) is 5.91 Å². The largest absolute Gasteiger partial charge is 0.482 e. The number of benzene rings is 1. The first-order valence-corrected chi connectivity index (χ1v) is 7.13. The molecule has 1 aromatic rings. The van der Waals surface area contributed by atoms with Gasteiger partial charge in [-0.1, -0.05) is 13.8 Å². The molecule has 6 nitrogen and oxygen atoms in total. The van der Waals surface area contributed by atoms with Gasteiger partial charge in [-0.15, -0.1) is 0 Å². The van der Waals surface area contributed by atoms with Crippen LogP contribution in [0.5, 0.6) is 5.75 Å². The fourth-order valence-electron chi connectivity index (χ4n) is 2.37. The van der Waals surface area contributed by atoms with Crippen molar-refractivity contribution in [3.05, 3.63) is 18.2 Å². The van der Waals surface area contributed by atoms with Gasteiger partial charge in [0.1, 0.15) is 5.75 Å². The molecule has 1 aliphatic heterocycles. The number of nitrogens with two attached hydrogens (primary N) is 1. The van der Waals surface area contributed by atoms with E-state index in [2.05, 4.69) is 10.6 Å². The molecular formula is C15H21N3O3. The van der Waals surface area contributed by atoms with Crippen LogP contribution in [0.1, 0.15) is 26.7 Å². The number of ether oxygens (including phenoxy) is 1. The highest BCUT2D eigenvalue weighted by Crippen LogP contribution is 2.32. The van der Waals surface area contributed by atoms with E-state index in [1.54, 1.807) is 18.2 Å². The Hall–Kier alpha value is -2.08. The quantitative estimate of drug-likeness (QED) is 0.770. The number of nitrogens with one attached hydrogen (secondary N) is 2. The Morgan fingerprint density at radius 3 is 2.76 bits per heavy atom. The lowest BCUT2D eigenvalue weighted by Crippen LogP contribution is -2.41. The number of amides is 2. The first-order valence-electron chi connectivity index (χ1n) is 7.13. The fourth-order valence-corrected chi connectivity index (χ4v) is 2.37. The summed E-state index contributed by atoms with van der Waals surface area (Å²) in [5.74, 6) is 0.284. The maximum atomic E-state index is 12.4. The first kappa shape index (κ1) is 15.3. The average molecular weight is 291 g/mol. The highest BCUT2D eigenvalue weighted by molar-refractivity contribution is 5.98. The molecule has 0 spiro atoms. The molecule has 1 aliphatic rings. The summed E-state index contributed by atoms with van der Waals surface area (Å²) in [7, 11) is 0. The molecule has 0 radical (unpaired) electrons. The summed E-state index contributed by atoms with van der Waals surface area (Å²) in [6.45, 7) is 4.22. The summed E-state index contributed by atoms with van der Waals surface area (Å²) >= 11 is 0. The van der Waals surface area contributed by atoms with E-state index in [4.69, 9.17) is 10.5 Å². The molecule has 0 atom stereocenters. The second kappa shape index (κ2) is 6.13. The van der Waals surface area contributed by atoms with Crippen molar-refractivity contribution in [2.24, 2.45) is 11.1 Å². The molecule has 2 amide bonds. The molecular weight excluding hydrogens is 270 g/mol. The van der Waals surface area contributed by atoms with E-state index in [1.165, 1.54) is 0 Å². The number of rotatable bonds is 5. The molecule has 21 heavy (non-hydrogen) atoms. The molecule has 114 valence electrons. The molecule has 6 heteroatoms. The van der Waals surface area contributed by atoms with Crippen LogP contribution in [0.3, 0.4) is 0 Å². The van der Waals surface area contributed by atoms with Gasteiger partial charge < -0.3 is 21.1 Å². The van der Waals surface area contributed by atoms with Crippen LogP contribution in [0.25, 0.3) is 0 Å². The number of fused-ring (bicyclic) bond motifs is 1. The van der Waals surface area contributed by atoms with E-state index in [9.17, 15) is 9.59 Å². The zero-order chi connectivity index (χ0) is 15.5. The topological polar surface area (TPSA) is 93.5 Å². The third kappa shape index (κ3) is 3.00. The lowest BCUT2D eigenvalue weighted by molar-refractivity contribution is -0.125. The van der Waals surface area contributed by atoms with Crippen LogP contribution in [-0.2, 0) is 9.59 Å². The second-order valence-electron chi connectivity index (χ2n) is 5.19. The Morgan fingerprint density at radius 1 is 1.43 bits per heavy atom. The fraction of sp³-hybridized carbons (Fsp3) is 0.467. The van der Waals surface area contributed by atoms with Crippen molar-refractivity contribution in [2.75, 3.05) is 23.8 Å². The molecule has 1 heterocycles. The predicted octanol–water partition coefficient (Wildman–Crippen LogP) is 1.72. The van der Waals surface area contributed by atoms with E-state index in [-0.39, 0.29) is 18.4 Å². The molecule has 0 fully saturated rings. The van der Waals surface area contributed by atoms with Crippen LogP contribution in [0.4, 0.5) is 11.4 Å². The monoisotopic (exact) mass is 291 g/mol. The molecule has 0 saturated heterocycles. The number of anilines is 2. The molecule has 4 N–H and O–H groups in total. The van der Waals surface area contributed by atoms with Crippen LogP contribution < -0.4 is 21.1 Å². The van der Waals surface area contributed by atoms with Crippen molar-refractivity contribution >= 4 is 23.2 Å². The van der Waals surface area contributed by atoms with E-state index in [0.29, 0.717) is 36.5 Å². The minimum atomic E-state index is -0.551. The van der Waals surface area contributed by atoms with Crippen molar-refractivity contribution in [3.8, 4) is 5.75 Å². The molecule has 0 aliphatic carbocycles. The Labute approximate surface area is 124 Å². The third-order valence-electron chi connectivity index (χ3n) is 4.10. The SMILES string of the molecule is CCC(CC)(CN)C(=O)Nc1ccc2c(c1)OCC(=O)N2. The van der Waals surface area contributed by atoms with E-state index >= 15 is 0 Å². The van der Waals surface area contributed by atoms with Crippen LogP contribution in [0, 0.1) is 5.41 Å². The van der Waals surface area contributed by atoms with Gasteiger partial charge in [0.2, 0.25) is 5.91 Å². The Morgan fingerprint density at radius 2 is 2.14 bits per heavy atom. The van der Waals surface area contributed by atoms with Gasteiger partial charge in [0.05, 0.1) is 11.1 Å². The van der Waals surface area contributed by atoms with Crippen LogP contribution in [0.2, 0.25) is 0 Å². The summed E-state index contributed by atoms with van der Waals surface area (Å²) in [5, 5.41) is 5.59. The van der Waals surface area contributed by atoms with Crippen molar-refractivity contribution in [1.82, 2.24) is 0 Å². The smallest absolute Gasteiger partial charge is 0.262 e. The molecule has 0 aromatic heterocycles. The number of hydrogen-bond acceptors (Lipinski definition) is 4.